The van der Waals surface area contributed by atoms with Crippen molar-refractivity contribution in [1.82, 2.24) is 19.8 Å². The summed E-state index contributed by atoms with van der Waals surface area (Å²) < 4.78 is 14.6. The normalized spacial score (nSPS) is 19.4. The van der Waals surface area contributed by atoms with Crippen molar-refractivity contribution in [2.45, 2.75) is 39.3 Å². The molecule has 0 radical (unpaired) electrons. The van der Waals surface area contributed by atoms with Gasteiger partial charge in [-0.3, -0.25) is 14.2 Å². The van der Waals surface area contributed by atoms with Crippen molar-refractivity contribution in [3.05, 3.63) is 40.7 Å². The minimum absolute atomic E-state index is 0.00522. The number of amides is 1. The summed E-state index contributed by atoms with van der Waals surface area (Å²) in [5.74, 6) is -0.0560. The Morgan fingerprint density at radius 2 is 2.27 bits per heavy atom. The molecule has 1 amide bonds. The zero-order valence-electron chi connectivity index (χ0n) is 15.2. The van der Waals surface area contributed by atoms with E-state index in [1.807, 2.05) is 6.92 Å². The Balaban J connectivity index is 1.61. The van der Waals surface area contributed by atoms with Crippen LogP contribution in [0.2, 0.25) is 0 Å². The molecule has 0 bridgehead atoms. The average molecular weight is 360 g/mol. The molecule has 3 rings (SSSR count). The van der Waals surface area contributed by atoms with Gasteiger partial charge in [-0.05, 0) is 50.4 Å². The number of rotatable bonds is 5. The van der Waals surface area contributed by atoms with E-state index in [9.17, 15) is 14.0 Å². The van der Waals surface area contributed by atoms with Gasteiger partial charge in [-0.2, -0.15) is 0 Å². The van der Waals surface area contributed by atoms with E-state index < -0.39 is 11.4 Å². The van der Waals surface area contributed by atoms with Crippen LogP contribution in [-0.2, 0) is 11.3 Å². The summed E-state index contributed by atoms with van der Waals surface area (Å²) in [7, 11) is 0. The van der Waals surface area contributed by atoms with E-state index in [1.165, 1.54) is 35.9 Å². The van der Waals surface area contributed by atoms with E-state index in [4.69, 9.17) is 0 Å². The zero-order valence-corrected chi connectivity index (χ0v) is 15.2. The third-order valence-corrected chi connectivity index (χ3v) is 4.78. The molecule has 2 atom stereocenters. The van der Waals surface area contributed by atoms with Crippen LogP contribution in [0.15, 0.2) is 29.3 Å². The van der Waals surface area contributed by atoms with Gasteiger partial charge >= 0.3 is 0 Å². The highest BCUT2D eigenvalue weighted by Crippen LogP contribution is 2.15. The van der Waals surface area contributed by atoms with Crippen molar-refractivity contribution in [2.24, 2.45) is 5.92 Å². The smallest absolute Gasteiger partial charge is 0.261 e. The van der Waals surface area contributed by atoms with E-state index in [1.54, 1.807) is 0 Å². The number of piperidine rings is 1. The number of halogens is 1. The molecule has 1 aliphatic rings. The first-order valence-corrected chi connectivity index (χ1v) is 9.09. The quantitative estimate of drug-likeness (QED) is 0.883. The maximum atomic E-state index is 13.4. The van der Waals surface area contributed by atoms with E-state index in [-0.39, 0.29) is 23.9 Å². The summed E-state index contributed by atoms with van der Waals surface area (Å²) in [6.45, 7) is 7.00. The van der Waals surface area contributed by atoms with Crippen LogP contribution in [0.3, 0.4) is 0 Å². The summed E-state index contributed by atoms with van der Waals surface area (Å²) >= 11 is 0. The molecule has 1 fully saturated rings. The second-order valence-electron chi connectivity index (χ2n) is 7.31. The highest BCUT2D eigenvalue weighted by atomic mass is 19.1. The molecule has 2 aromatic rings. The standard InChI is InChI=1S/C19H25FN4O2/c1-13-4-3-7-23(9-13)10-14(2)22-18(25)11-24-12-21-17-6-5-15(20)8-16(17)19(24)26/h5-6,8,12-14H,3-4,7,9-11H2,1-2H3,(H,22,25)/t13-,14+/m1/s1. The van der Waals surface area contributed by atoms with Gasteiger partial charge in [0, 0.05) is 19.1 Å². The van der Waals surface area contributed by atoms with E-state index >= 15 is 0 Å². The summed E-state index contributed by atoms with van der Waals surface area (Å²) in [4.78, 5) is 31.2. The number of hydrogen-bond acceptors (Lipinski definition) is 4. The van der Waals surface area contributed by atoms with Crippen molar-refractivity contribution in [3.8, 4) is 0 Å². The number of carbonyl (C=O) groups excluding carboxylic acids is 1. The maximum Gasteiger partial charge on any atom is 0.261 e. The number of likely N-dealkylation sites (tertiary alicyclic amines) is 1. The van der Waals surface area contributed by atoms with Crippen LogP contribution in [-0.4, -0.2) is 46.0 Å². The van der Waals surface area contributed by atoms with Crippen molar-refractivity contribution < 1.29 is 9.18 Å². The third-order valence-electron chi connectivity index (χ3n) is 4.78. The molecule has 140 valence electrons. The molecule has 0 unspecified atom stereocenters. The van der Waals surface area contributed by atoms with Gasteiger partial charge in [0.2, 0.25) is 5.91 Å². The molecule has 1 aromatic carbocycles. The second kappa shape index (κ2) is 7.95. The summed E-state index contributed by atoms with van der Waals surface area (Å²) in [6, 6.07) is 3.86. The molecular formula is C19H25FN4O2. The largest absolute Gasteiger partial charge is 0.351 e. The lowest BCUT2D eigenvalue weighted by Crippen LogP contribution is -2.46. The highest BCUT2D eigenvalue weighted by molar-refractivity contribution is 5.79. The second-order valence-corrected chi connectivity index (χ2v) is 7.31. The van der Waals surface area contributed by atoms with Gasteiger partial charge in [-0.1, -0.05) is 6.92 Å². The van der Waals surface area contributed by atoms with Crippen LogP contribution in [0.4, 0.5) is 4.39 Å². The number of nitrogens with one attached hydrogen (secondary N) is 1. The van der Waals surface area contributed by atoms with Crippen LogP contribution >= 0.6 is 0 Å². The Morgan fingerprint density at radius 1 is 1.46 bits per heavy atom. The Bertz CT molecular complexity index is 851. The fraction of sp³-hybridized carbons (Fsp3) is 0.526. The first kappa shape index (κ1) is 18.5. The van der Waals surface area contributed by atoms with Gasteiger partial charge < -0.3 is 10.2 Å². The van der Waals surface area contributed by atoms with E-state index in [2.05, 4.69) is 22.1 Å². The van der Waals surface area contributed by atoms with Crippen molar-refractivity contribution in [1.29, 1.82) is 0 Å². The molecule has 2 heterocycles. The Morgan fingerprint density at radius 3 is 3.04 bits per heavy atom. The van der Waals surface area contributed by atoms with Crippen LogP contribution < -0.4 is 10.9 Å². The van der Waals surface area contributed by atoms with Crippen LogP contribution in [0.25, 0.3) is 10.9 Å². The number of benzene rings is 1. The lowest BCUT2D eigenvalue weighted by molar-refractivity contribution is -0.122. The van der Waals surface area contributed by atoms with E-state index in [0.717, 1.165) is 25.7 Å². The minimum atomic E-state index is -0.497. The van der Waals surface area contributed by atoms with Crippen LogP contribution in [0.5, 0.6) is 0 Å². The first-order chi connectivity index (χ1) is 12.4. The van der Waals surface area contributed by atoms with Crippen molar-refractivity contribution in [2.75, 3.05) is 19.6 Å². The molecule has 1 aromatic heterocycles. The van der Waals surface area contributed by atoms with Crippen LogP contribution in [0.1, 0.15) is 26.7 Å². The number of hydrogen-bond donors (Lipinski definition) is 1. The summed E-state index contributed by atoms with van der Waals surface area (Å²) in [5.41, 5.74) is 0.00260. The zero-order chi connectivity index (χ0) is 18.7. The molecule has 1 aliphatic heterocycles. The predicted octanol–water partition coefficient (Wildman–Crippen LogP) is 1.77. The molecule has 0 spiro atoms. The SMILES string of the molecule is C[C@@H]1CCCN(C[C@H](C)NC(=O)Cn2cnc3ccc(F)cc3c2=O)C1. The van der Waals surface area contributed by atoms with Crippen LogP contribution in [0, 0.1) is 11.7 Å². The highest BCUT2D eigenvalue weighted by Gasteiger charge is 2.19. The topological polar surface area (TPSA) is 67.2 Å². The third kappa shape index (κ3) is 4.46. The molecular weight excluding hydrogens is 335 g/mol. The van der Waals surface area contributed by atoms with Gasteiger partial charge in [0.05, 0.1) is 17.2 Å². The molecule has 7 heteroatoms. The molecule has 1 saturated heterocycles. The Labute approximate surface area is 152 Å². The minimum Gasteiger partial charge on any atom is -0.351 e. The average Bonchev–Trinajstić information content (AvgIpc) is 2.57. The van der Waals surface area contributed by atoms with Gasteiger partial charge in [-0.25, -0.2) is 9.37 Å². The molecule has 6 nitrogen and oxygen atoms in total. The fourth-order valence-electron chi connectivity index (χ4n) is 3.60. The number of nitrogens with zero attached hydrogens (tertiary/aromatic N) is 3. The van der Waals surface area contributed by atoms with E-state index in [0.29, 0.717) is 11.4 Å². The predicted molar refractivity (Wildman–Crippen MR) is 98.4 cm³/mol. The fourth-order valence-corrected chi connectivity index (χ4v) is 3.60. The van der Waals surface area contributed by atoms with Crippen molar-refractivity contribution in [3.63, 3.8) is 0 Å². The Kier molecular flexibility index (Phi) is 5.66. The number of carbonyl (C=O) groups is 1. The monoisotopic (exact) mass is 360 g/mol. The molecule has 0 aliphatic carbocycles. The first-order valence-electron chi connectivity index (χ1n) is 9.09. The summed E-state index contributed by atoms with van der Waals surface area (Å²) in [5, 5.41) is 3.11. The lowest BCUT2D eigenvalue weighted by atomic mass is 10.00. The summed E-state index contributed by atoms with van der Waals surface area (Å²) in [6.07, 6.45) is 3.78. The molecule has 26 heavy (non-hydrogen) atoms. The lowest BCUT2D eigenvalue weighted by Gasteiger charge is -2.32. The Hall–Kier alpha value is -2.28. The molecule has 1 N–H and O–H groups in total. The van der Waals surface area contributed by atoms with Gasteiger partial charge in [-0.15, -0.1) is 0 Å². The molecule has 0 saturated carbocycles. The maximum absolute atomic E-state index is 13.4. The number of aromatic nitrogens is 2. The van der Waals surface area contributed by atoms with Gasteiger partial charge in [0.1, 0.15) is 12.4 Å². The van der Waals surface area contributed by atoms with Crippen molar-refractivity contribution >= 4 is 16.8 Å². The number of fused-ring (bicyclic) bond motifs is 1. The van der Waals surface area contributed by atoms with Gasteiger partial charge in [0.15, 0.2) is 0 Å². The van der Waals surface area contributed by atoms with Gasteiger partial charge in [0.25, 0.3) is 5.56 Å².